The molecule has 0 spiro atoms. The summed E-state index contributed by atoms with van der Waals surface area (Å²) in [7, 11) is 0. The molecule has 2 rings (SSSR count). The fourth-order valence-electron chi connectivity index (χ4n) is 1.61. The van der Waals surface area contributed by atoms with Gasteiger partial charge >= 0.3 is 0 Å². The van der Waals surface area contributed by atoms with E-state index in [0.29, 0.717) is 11.1 Å². The molecule has 1 saturated carbocycles. The van der Waals surface area contributed by atoms with Crippen LogP contribution in [-0.4, -0.2) is 22.8 Å². The summed E-state index contributed by atoms with van der Waals surface area (Å²) in [5.74, 6) is -0.0645. The highest BCUT2D eigenvalue weighted by molar-refractivity contribution is 9.09. The second kappa shape index (κ2) is 4.53. The van der Waals surface area contributed by atoms with Crippen molar-refractivity contribution in [2.24, 2.45) is 5.41 Å². The van der Waals surface area contributed by atoms with Crippen molar-refractivity contribution < 1.29 is 4.79 Å². The van der Waals surface area contributed by atoms with Gasteiger partial charge in [0.15, 0.2) is 0 Å². The highest BCUT2D eigenvalue weighted by Gasteiger charge is 2.41. The molecule has 86 valence electrons. The van der Waals surface area contributed by atoms with Crippen molar-refractivity contribution in [3.05, 3.63) is 29.6 Å². The van der Waals surface area contributed by atoms with Gasteiger partial charge in [-0.05, 0) is 36.8 Å². The topological polar surface area (TPSA) is 42.0 Å². The van der Waals surface area contributed by atoms with Crippen LogP contribution in [-0.2, 0) is 0 Å². The van der Waals surface area contributed by atoms with Gasteiger partial charge in [-0.1, -0.05) is 22.0 Å². The van der Waals surface area contributed by atoms with Crippen LogP contribution in [0.1, 0.15) is 28.9 Å². The van der Waals surface area contributed by atoms with E-state index in [1.165, 1.54) is 12.8 Å². The van der Waals surface area contributed by atoms with Gasteiger partial charge in [0.1, 0.15) is 5.69 Å². The first-order valence-corrected chi connectivity index (χ1v) is 6.55. The molecule has 0 atom stereocenters. The van der Waals surface area contributed by atoms with Gasteiger partial charge < -0.3 is 5.32 Å². The predicted octanol–water partition coefficient (Wildman–Crippen LogP) is 2.29. The average Bonchev–Trinajstić information content (AvgIpc) is 3.07. The van der Waals surface area contributed by atoms with Crippen molar-refractivity contribution in [2.75, 3.05) is 11.9 Å². The Morgan fingerprint density at radius 2 is 2.38 bits per heavy atom. The maximum Gasteiger partial charge on any atom is 0.270 e. The second-order valence-corrected chi connectivity index (χ2v) is 5.05. The first kappa shape index (κ1) is 11.6. The van der Waals surface area contributed by atoms with Crippen molar-refractivity contribution in [1.29, 1.82) is 0 Å². The van der Waals surface area contributed by atoms with Gasteiger partial charge in [0.2, 0.25) is 0 Å². The Kier molecular flexibility index (Phi) is 3.28. The number of nitrogens with zero attached hydrogens (tertiary/aromatic N) is 1. The van der Waals surface area contributed by atoms with E-state index < -0.39 is 0 Å². The van der Waals surface area contributed by atoms with E-state index in [1.54, 1.807) is 6.20 Å². The normalized spacial score (nSPS) is 16.9. The number of aromatic nitrogens is 1. The lowest BCUT2D eigenvalue weighted by Crippen LogP contribution is -2.31. The molecule has 0 radical (unpaired) electrons. The third kappa shape index (κ3) is 2.43. The lowest BCUT2D eigenvalue weighted by Gasteiger charge is -2.12. The summed E-state index contributed by atoms with van der Waals surface area (Å²) in [5, 5.41) is 3.92. The maximum atomic E-state index is 11.9. The van der Waals surface area contributed by atoms with Gasteiger partial charge in [0.25, 0.3) is 5.91 Å². The van der Waals surface area contributed by atoms with Gasteiger partial charge in [-0.2, -0.15) is 0 Å². The number of nitrogens with one attached hydrogen (secondary N) is 1. The van der Waals surface area contributed by atoms with Gasteiger partial charge in [-0.3, -0.25) is 9.78 Å². The molecule has 3 nitrogen and oxygen atoms in total. The fraction of sp³-hybridized carbons (Fsp3) is 0.500. The molecular weight excluding hydrogens is 268 g/mol. The molecule has 16 heavy (non-hydrogen) atoms. The van der Waals surface area contributed by atoms with Gasteiger partial charge in [-0.15, -0.1) is 0 Å². The van der Waals surface area contributed by atoms with Crippen LogP contribution in [0.2, 0.25) is 0 Å². The Labute approximate surface area is 104 Å². The molecule has 0 aliphatic heterocycles. The molecule has 1 aromatic rings. The summed E-state index contributed by atoms with van der Waals surface area (Å²) in [6, 6.07) is 3.74. The Balaban J connectivity index is 1.96. The molecular formula is C12H15BrN2O. The van der Waals surface area contributed by atoms with E-state index in [9.17, 15) is 4.79 Å². The molecule has 0 bridgehead atoms. The zero-order valence-electron chi connectivity index (χ0n) is 9.29. The van der Waals surface area contributed by atoms with E-state index in [-0.39, 0.29) is 5.91 Å². The van der Waals surface area contributed by atoms with Gasteiger partial charge in [0.05, 0.1) is 0 Å². The average molecular weight is 283 g/mol. The number of hydrogen-bond acceptors (Lipinski definition) is 2. The summed E-state index contributed by atoms with van der Waals surface area (Å²) in [6.07, 6.45) is 4.04. The fourth-order valence-corrected chi connectivity index (χ4v) is 2.37. The van der Waals surface area contributed by atoms with E-state index >= 15 is 0 Å². The van der Waals surface area contributed by atoms with Crippen molar-refractivity contribution in [1.82, 2.24) is 10.3 Å². The summed E-state index contributed by atoms with van der Waals surface area (Å²) in [5.41, 5.74) is 1.76. The van der Waals surface area contributed by atoms with E-state index in [1.807, 2.05) is 19.1 Å². The quantitative estimate of drug-likeness (QED) is 0.861. The zero-order valence-corrected chi connectivity index (χ0v) is 10.9. The second-order valence-electron chi connectivity index (χ2n) is 4.49. The summed E-state index contributed by atoms with van der Waals surface area (Å²) in [4.78, 5) is 16.0. The van der Waals surface area contributed by atoms with Crippen LogP contribution in [0.3, 0.4) is 0 Å². The van der Waals surface area contributed by atoms with Crippen LogP contribution in [0, 0.1) is 12.3 Å². The van der Waals surface area contributed by atoms with Gasteiger partial charge in [0, 0.05) is 18.1 Å². The number of pyridine rings is 1. The van der Waals surface area contributed by atoms with Crippen molar-refractivity contribution >= 4 is 21.8 Å². The molecule has 1 heterocycles. The number of carbonyl (C=O) groups is 1. The Morgan fingerprint density at radius 1 is 1.62 bits per heavy atom. The van der Waals surface area contributed by atoms with Crippen LogP contribution in [0.25, 0.3) is 0 Å². The highest BCUT2D eigenvalue weighted by Crippen LogP contribution is 2.46. The molecule has 0 saturated heterocycles. The number of aryl methyl sites for hydroxylation is 1. The predicted molar refractivity (Wildman–Crippen MR) is 66.8 cm³/mol. The summed E-state index contributed by atoms with van der Waals surface area (Å²) >= 11 is 3.49. The van der Waals surface area contributed by atoms with Crippen LogP contribution in [0.4, 0.5) is 0 Å². The number of halogens is 1. The van der Waals surface area contributed by atoms with Crippen LogP contribution < -0.4 is 5.32 Å². The van der Waals surface area contributed by atoms with E-state index in [2.05, 4.69) is 26.2 Å². The van der Waals surface area contributed by atoms with Crippen LogP contribution >= 0.6 is 15.9 Å². The van der Waals surface area contributed by atoms with Crippen molar-refractivity contribution in [3.8, 4) is 0 Å². The third-order valence-corrected chi connectivity index (χ3v) is 4.28. The van der Waals surface area contributed by atoms with Crippen molar-refractivity contribution in [3.63, 3.8) is 0 Å². The summed E-state index contributed by atoms with van der Waals surface area (Å²) < 4.78 is 0. The molecule has 1 N–H and O–H groups in total. The molecule has 1 aliphatic rings. The molecule has 1 amide bonds. The van der Waals surface area contributed by atoms with Crippen LogP contribution in [0.5, 0.6) is 0 Å². The Bertz CT molecular complexity index is 402. The van der Waals surface area contributed by atoms with Crippen molar-refractivity contribution in [2.45, 2.75) is 19.8 Å². The Hall–Kier alpha value is -0.900. The molecule has 0 unspecified atom stereocenters. The number of hydrogen-bond donors (Lipinski definition) is 1. The van der Waals surface area contributed by atoms with E-state index in [0.717, 1.165) is 17.4 Å². The number of alkyl halides is 1. The lowest BCUT2D eigenvalue weighted by molar-refractivity contribution is 0.0941. The standard InChI is InChI=1S/C12H15BrN2O/c1-9-3-2-6-14-10(9)11(16)15-8-12(7-13)4-5-12/h2-3,6H,4-5,7-8H2,1H3,(H,15,16). The molecule has 1 aromatic heterocycles. The van der Waals surface area contributed by atoms with E-state index in [4.69, 9.17) is 0 Å². The summed E-state index contributed by atoms with van der Waals surface area (Å²) in [6.45, 7) is 2.65. The largest absolute Gasteiger partial charge is 0.350 e. The third-order valence-electron chi connectivity index (χ3n) is 3.09. The lowest BCUT2D eigenvalue weighted by atomic mass is 10.1. The minimum absolute atomic E-state index is 0.0645. The monoisotopic (exact) mass is 282 g/mol. The number of rotatable bonds is 4. The Morgan fingerprint density at radius 3 is 2.94 bits per heavy atom. The zero-order chi connectivity index (χ0) is 11.6. The first-order valence-electron chi connectivity index (χ1n) is 5.43. The van der Waals surface area contributed by atoms with Crippen LogP contribution in [0.15, 0.2) is 18.3 Å². The number of amides is 1. The SMILES string of the molecule is Cc1cccnc1C(=O)NCC1(CBr)CC1. The number of carbonyl (C=O) groups excluding carboxylic acids is 1. The molecule has 1 aliphatic carbocycles. The molecule has 1 fully saturated rings. The molecule has 4 heteroatoms. The maximum absolute atomic E-state index is 11.9. The minimum Gasteiger partial charge on any atom is -0.350 e. The first-order chi connectivity index (χ1) is 7.67. The van der Waals surface area contributed by atoms with Gasteiger partial charge in [-0.25, -0.2) is 0 Å². The molecule has 0 aromatic carbocycles. The highest BCUT2D eigenvalue weighted by atomic mass is 79.9. The smallest absolute Gasteiger partial charge is 0.270 e. The minimum atomic E-state index is -0.0645.